The molecule has 1 nitrogen and oxygen atoms in total. The van der Waals surface area contributed by atoms with E-state index in [1.54, 1.807) is 25.1 Å². The lowest BCUT2D eigenvalue weighted by Gasteiger charge is -2.03. The Balaban J connectivity index is 3.08. The molecule has 0 fully saturated rings. The quantitative estimate of drug-likeness (QED) is 0.459. The lowest BCUT2D eigenvalue weighted by Crippen LogP contribution is -2.10. The summed E-state index contributed by atoms with van der Waals surface area (Å²) < 4.78 is 0.936. The van der Waals surface area contributed by atoms with Gasteiger partial charge in [-0.2, -0.15) is 0 Å². The number of hydrogen-bond acceptors (Lipinski definition) is 1. The van der Waals surface area contributed by atoms with Gasteiger partial charge in [0, 0.05) is 14.2 Å². The number of hydrogen-bond donors (Lipinski definition) is 0. The Morgan fingerprint density at radius 1 is 1.46 bits per heavy atom. The molecule has 1 rings (SSSR count). The van der Waals surface area contributed by atoms with Gasteiger partial charge in [0.15, 0.2) is 5.78 Å². The predicted molar refractivity (Wildman–Crippen MR) is 63.8 cm³/mol. The first kappa shape index (κ1) is 11.3. The molecule has 0 aromatic heterocycles. The number of carbonyl (C=O) groups excluding carboxylic acids is 1. The minimum Gasteiger partial charge on any atom is -0.293 e. The van der Waals surface area contributed by atoms with Crippen molar-refractivity contribution >= 4 is 51.6 Å². The number of benzene rings is 1. The molecule has 70 valence electrons. The highest BCUT2D eigenvalue weighted by molar-refractivity contribution is 14.1. The number of ketones is 1. The number of Topliss-reactive ketones (excluding diaryl/α,β-unsaturated/α-hetero) is 1. The molecule has 0 aliphatic carbocycles. The summed E-state index contributed by atoms with van der Waals surface area (Å²) in [6, 6.07) is 5.19. The maximum atomic E-state index is 11.5. The third-order valence-corrected chi connectivity index (χ3v) is 2.55. The highest BCUT2D eigenvalue weighted by Crippen LogP contribution is 2.18. The molecule has 0 bridgehead atoms. The molecule has 0 radical (unpaired) electrons. The Labute approximate surface area is 101 Å². The van der Waals surface area contributed by atoms with Crippen LogP contribution in [0.25, 0.3) is 0 Å². The smallest absolute Gasteiger partial charge is 0.180 e. The van der Waals surface area contributed by atoms with E-state index in [0.29, 0.717) is 10.6 Å². The third-order valence-electron chi connectivity index (χ3n) is 1.51. The summed E-state index contributed by atoms with van der Waals surface area (Å²) in [6.45, 7) is 1.65. The molecule has 0 saturated carbocycles. The summed E-state index contributed by atoms with van der Waals surface area (Å²) in [4.78, 5) is 11.5. The van der Waals surface area contributed by atoms with Crippen LogP contribution < -0.4 is 0 Å². The molecule has 1 aromatic rings. The Bertz CT molecular complexity index is 316. The maximum absolute atomic E-state index is 11.5. The number of carbonyl (C=O) groups is 1. The molecular formula is C9H7Cl2IO. The summed E-state index contributed by atoms with van der Waals surface area (Å²) >= 11 is 13.6. The van der Waals surface area contributed by atoms with Crippen LogP contribution in [0.15, 0.2) is 18.2 Å². The number of rotatable bonds is 2. The average Bonchev–Trinajstić information content (AvgIpc) is 2.01. The second-order valence-corrected chi connectivity index (χ2v) is 4.98. The van der Waals surface area contributed by atoms with E-state index in [1.807, 2.05) is 0 Å². The molecule has 1 unspecified atom stereocenters. The van der Waals surface area contributed by atoms with Gasteiger partial charge >= 0.3 is 0 Å². The Hall–Kier alpha value is 0.200. The van der Waals surface area contributed by atoms with Crippen LogP contribution in [0.2, 0.25) is 5.02 Å². The lowest BCUT2D eigenvalue weighted by atomic mass is 10.1. The van der Waals surface area contributed by atoms with Crippen molar-refractivity contribution in [2.45, 2.75) is 12.3 Å². The molecule has 0 aliphatic heterocycles. The predicted octanol–water partition coefficient (Wildman–Crippen LogP) is 3.75. The molecule has 1 aromatic carbocycles. The van der Waals surface area contributed by atoms with Crippen molar-refractivity contribution in [3.8, 4) is 0 Å². The van der Waals surface area contributed by atoms with Crippen molar-refractivity contribution in [3.05, 3.63) is 32.4 Å². The van der Waals surface area contributed by atoms with Gasteiger partial charge in [-0.3, -0.25) is 4.79 Å². The van der Waals surface area contributed by atoms with Gasteiger partial charge in [0.05, 0.1) is 5.38 Å². The van der Waals surface area contributed by atoms with E-state index in [0.717, 1.165) is 3.57 Å². The monoisotopic (exact) mass is 328 g/mol. The first-order valence-corrected chi connectivity index (χ1v) is 5.54. The standard InChI is InChI=1S/C9H7Cl2IO/c1-5(10)9(13)6-2-7(11)4-8(12)3-6/h2-5H,1H3. The fourth-order valence-electron chi connectivity index (χ4n) is 0.926. The SMILES string of the molecule is CC(Cl)C(=O)c1cc(Cl)cc(I)c1. The van der Waals surface area contributed by atoms with Crippen LogP contribution in [0.5, 0.6) is 0 Å². The van der Waals surface area contributed by atoms with Crippen LogP contribution >= 0.6 is 45.8 Å². The van der Waals surface area contributed by atoms with E-state index in [9.17, 15) is 4.79 Å². The van der Waals surface area contributed by atoms with Gasteiger partial charge in [-0.1, -0.05) is 11.6 Å². The fourth-order valence-corrected chi connectivity index (χ4v) is 2.14. The molecule has 0 aliphatic rings. The Kier molecular flexibility index (Phi) is 4.01. The molecule has 0 amide bonds. The first-order chi connectivity index (χ1) is 6.00. The summed E-state index contributed by atoms with van der Waals surface area (Å²) in [5.74, 6) is -0.0953. The van der Waals surface area contributed by atoms with E-state index in [-0.39, 0.29) is 5.78 Å². The largest absolute Gasteiger partial charge is 0.293 e. The zero-order valence-electron chi connectivity index (χ0n) is 6.85. The molecule has 4 heteroatoms. The van der Waals surface area contributed by atoms with Crippen LogP contribution in [0.1, 0.15) is 17.3 Å². The summed E-state index contributed by atoms with van der Waals surface area (Å²) in [5, 5.41) is 0.0573. The number of halogens is 3. The van der Waals surface area contributed by atoms with Gasteiger partial charge in [-0.15, -0.1) is 11.6 Å². The third kappa shape index (κ3) is 3.11. The van der Waals surface area contributed by atoms with Gasteiger partial charge in [0.1, 0.15) is 0 Å². The van der Waals surface area contributed by atoms with E-state index >= 15 is 0 Å². The zero-order valence-corrected chi connectivity index (χ0v) is 10.5. The van der Waals surface area contributed by atoms with Gasteiger partial charge in [-0.05, 0) is 47.7 Å². The van der Waals surface area contributed by atoms with Crippen molar-refractivity contribution < 1.29 is 4.79 Å². The normalized spacial score (nSPS) is 12.6. The fraction of sp³-hybridized carbons (Fsp3) is 0.222. The average molecular weight is 329 g/mol. The van der Waals surface area contributed by atoms with Gasteiger partial charge in [-0.25, -0.2) is 0 Å². The Morgan fingerprint density at radius 3 is 2.54 bits per heavy atom. The van der Waals surface area contributed by atoms with E-state index in [1.165, 1.54) is 0 Å². The van der Waals surface area contributed by atoms with Gasteiger partial charge in [0.2, 0.25) is 0 Å². The van der Waals surface area contributed by atoms with Crippen LogP contribution in [-0.2, 0) is 0 Å². The topological polar surface area (TPSA) is 17.1 Å². The molecule has 0 spiro atoms. The second-order valence-electron chi connectivity index (χ2n) is 2.64. The highest BCUT2D eigenvalue weighted by Gasteiger charge is 2.12. The number of alkyl halides is 1. The summed E-state index contributed by atoms with van der Waals surface area (Å²) in [6.07, 6.45) is 0. The van der Waals surface area contributed by atoms with Crippen LogP contribution in [0.3, 0.4) is 0 Å². The minimum absolute atomic E-state index is 0.0953. The van der Waals surface area contributed by atoms with E-state index in [2.05, 4.69) is 22.6 Å². The molecule has 0 saturated heterocycles. The molecular weight excluding hydrogens is 322 g/mol. The summed E-state index contributed by atoms with van der Waals surface area (Å²) in [7, 11) is 0. The van der Waals surface area contributed by atoms with Gasteiger partial charge < -0.3 is 0 Å². The lowest BCUT2D eigenvalue weighted by molar-refractivity contribution is 0.0991. The van der Waals surface area contributed by atoms with Crippen molar-refractivity contribution in [1.82, 2.24) is 0 Å². The van der Waals surface area contributed by atoms with Crippen molar-refractivity contribution in [1.29, 1.82) is 0 Å². The molecule has 1 atom stereocenters. The maximum Gasteiger partial charge on any atom is 0.180 e. The summed E-state index contributed by atoms with van der Waals surface area (Å²) in [5.41, 5.74) is 0.569. The minimum atomic E-state index is -0.505. The van der Waals surface area contributed by atoms with Crippen molar-refractivity contribution in [2.24, 2.45) is 0 Å². The molecule has 13 heavy (non-hydrogen) atoms. The zero-order chi connectivity index (χ0) is 10.0. The Morgan fingerprint density at radius 2 is 2.08 bits per heavy atom. The van der Waals surface area contributed by atoms with Crippen molar-refractivity contribution in [2.75, 3.05) is 0 Å². The van der Waals surface area contributed by atoms with E-state index in [4.69, 9.17) is 23.2 Å². The molecule has 0 heterocycles. The van der Waals surface area contributed by atoms with Gasteiger partial charge in [0.25, 0.3) is 0 Å². The highest BCUT2D eigenvalue weighted by atomic mass is 127. The van der Waals surface area contributed by atoms with Crippen LogP contribution in [0, 0.1) is 3.57 Å². The first-order valence-electron chi connectivity index (χ1n) is 3.65. The van der Waals surface area contributed by atoms with Crippen LogP contribution in [0.4, 0.5) is 0 Å². The van der Waals surface area contributed by atoms with Crippen molar-refractivity contribution in [3.63, 3.8) is 0 Å². The second kappa shape index (κ2) is 4.62. The van der Waals surface area contributed by atoms with Crippen LogP contribution in [-0.4, -0.2) is 11.2 Å². The van der Waals surface area contributed by atoms with E-state index < -0.39 is 5.38 Å². The molecule has 0 N–H and O–H groups in total.